The first kappa shape index (κ1) is 9.54. The summed E-state index contributed by atoms with van der Waals surface area (Å²) < 4.78 is 6.49. The van der Waals surface area contributed by atoms with Crippen molar-refractivity contribution in [2.45, 2.75) is 19.3 Å². The highest BCUT2D eigenvalue weighted by molar-refractivity contribution is 9.10. The van der Waals surface area contributed by atoms with Gasteiger partial charge in [0.2, 0.25) is 0 Å². The Morgan fingerprint density at radius 3 is 3.14 bits per heavy atom. The Morgan fingerprint density at radius 2 is 2.36 bits per heavy atom. The van der Waals surface area contributed by atoms with E-state index in [2.05, 4.69) is 28.1 Å². The van der Waals surface area contributed by atoms with E-state index in [1.54, 1.807) is 0 Å². The number of fused-ring (bicyclic) bond motifs is 1. The molecule has 0 aromatic heterocycles. The molecular weight excluding hydrogens is 242 g/mol. The highest BCUT2D eigenvalue weighted by atomic mass is 79.9. The lowest BCUT2D eigenvalue weighted by atomic mass is 10.1. The first-order valence-corrected chi connectivity index (χ1v) is 5.41. The second kappa shape index (κ2) is 4.02. The van der Waals surface area contributed by atoms with Crippen molar-refractivity contribution in [2.75, 3.05) is 6.61 Å². The highest BCUT2D eigenvalue weighted by Crippen LogP contribution is 2.35. The van der Waals surface area contributed by atoms with Crippen molar-refractivity contribution in [1.29, 1.82) is 5.26 Å². The average Bonchev–Trinajstić information content (AvgIpc) is 2.63. The van der Waals surface area contributed by atoms with Gasteiger partial charge in [-0.25, -0.2) is 0 Å². The fraction of sp³-hybridized carbons (Fsp3) is 0.364. The summed E-state index contributed by atoms with van der Waals surface area (Å²) in [6, 6.07) is 6.34. The molecule has 1 heterocycles. The standard InChI is InChI=1S/C11H10BrNO/c12-10-7-8(2-1-4-13)6-9-3-5-14-11(9)10/h6-7H,1-3,5H2. The summed E-state index contributed by atoms with van der Waals surface area (Å²) in [5.41, 5.74) is 2.47. The molecule has 1 aliphatic rings. The molecule has 2 nitrogen and oxygen atoms in total. The molecule has 1 aromatic carbocycles. The zero-order chi connectivity index (χ0) is 9.97. The maximum Gasteiger partial charge on any atom is 0.136 e. The Hall–Kier alpha value is -1.01. The number of benzene rings is 1. The molecule has 14 heavy (non-hydrogen) atoms. The molecule has 3 heteroatoms. The molecule has 0 bridgehead atoms. The molecule has 0 saturated heterocycles. The van der Waals surface area contributed by atoms with E-state index in [0.717, 1.165) is 29.7 Å². The van der Waals surface area contributed by atoms with Gasteiger partial charge in [-0.05, 0) is 39.5 Å². The van der Waals surface area contributed by atoms with E-state index in [9.17, 15) is 0 Å². The Balaban J connectivity index is 2.28. The van der Waals surface area contributed by atoms with E-state index in [-0.39, 0.29) is 0 Å². The molecule has 0 N–H and O–H groups in total. The largest absolute Gasteiger partial charge is 0.492 e. The van der Waals surface area contributed by atoms with Crippen molar-refractivity contribution < 1.29 is 4.74 Å². The van der Waals surface area contributed by atoms with Gasteiger partial charge in [-0.3, -0.25) is 0 Å². The van der Waals surface area contributed by atoms with Crippen LogP contribution in [0.1, 0.15) is 17.5 Å². The average molecular weight is 252 g/mol. The number of hydrogen-bond donors (Lipinski definition) is 0. The number of rotatable bonds is 2. The van der Waals surface area contributed by atoms with Gasteiger partial charge in [-0.2, -0.15) is 5.26 Å². The molecule has 72 valence electrons. The van der Waals surface area contributed by atoms with E-state index in [1.807, 2.05) is 6.07 Å². The zero-order valence-corrected chi connectivity index (χ0v) is 9.30. The zero-order valence-electron chi connectivity index (χ0n) is 7.72. The van der Waals surface area contributed by atoms with Gasteiger partial charge in [0, 0.05) is 12.8 Å². The summed E-state index contributed by atoms with van der Waals surface area (Å²) in [5, 5.41) is 8.50. The SMILES string of the molecule is N#CCCc1cc(Br)c2c(c1)CCO2. The second-order valence-electron chi connectivity index (χ2n) is 3.32. The Bertz CT molecular complexity index is 395. The summed E-state index contributed by atoms with van der Waals surface area (Å²) in [6.45, 7) is 0.773. The highest BCUT2D eigenvalue weighted by Gasteiger charge is 2.16. The number of halogens is 1. The Labute approximate surface area is 91.6 Å². The third kappa shape index (κ3) is 1.76. The fourth-order valence-corrected chi connectivity index (χ4v) is 2.33. The van der Waals surface area contributed by atoms with Crippen LogP contribution in [0.5, 0.6) is 5.75 Å². The lowest BCUT2D eigenvalue weighted by molar-refractivity contribution is 0.355. The second-order valence-corrected chi connectivity index (χ2v) is 4.18. The predicted octanol–water partition coefficient (Wildman–Crippen LogP) is 2.84. The van der Waals surface area contributed by atoms with Crippen molar-refractivity contribution in [2.24, 2.45) is 0 Å². The molecule has 2 rings (SSSR count). The van der Waals surface area contributed by atoms with E-state index in [1.165, 1.54) is 11.1 Å². The molecule has 0 saturated carbocycles. The van der Waals surface area contributed by atoms with E-state index >= 15 is 0 Å². The molecule has 0 atom stereocenters. The fourth-order valence-electron chi connectivity index (χ4n) is 1.67. The number of ether oxygens (including phenoxy) is 1. The lowest BCUT2D eigenvalue weighted by Gasteiger charge is -2.05. The third-order valence-electron chi connectivity index (χ3n) is 2.32. The number of aryl methyl sites for hydroxylation is 1. The van der Waals surface area contributed by atoms with Gasteiger partial charge in [-0.15, -0.1) is 0 Å². The Morgan fingerprint density at radius 1 is 1.50 bits per heavy atom. The molecule has 0 radical (unpaired) electrons. The summed E-state index contributed by atoms with van der Waals surface area (Å²) in [4.78, 5) is 0. The maximum absolute atomic E-state index is 8.50. The van der Waals surface area contributed by atoms with Crippen molar-refractivity contribution in [3.05, 3.63) is 27.7 Å². The minimum Gasteiger partial charge on any atom is -0.492 e. The summed E-state index contributed by atoms with van der Waals surface area (Å²) in [5.74, 6) is 0.978. The molecule has 1 aliphatic heterocycles. The van der Waals surface area contributed by atoms with Gasteiger partial charge in [-0.1, -0.05) is 6.07 Å². The molecular formula is C11H10BrNO. The van der Waals surface area contributed by atoms with E-state index in [0.29, 0.717) is 6.42 Å². The van der Waals surface area contributed by atoms with Crippen molar-refractivity contribution in [1.82, 2.24) is 0 Å². The van der Waals surface area contributed by atoms with Crippen LogP contribution in [0.15, 0.2) is 16.6 Å². The summed E-state index contributed by atoms with van der Waals surface area (Å²) >= 11 is 3.48. The summed E-state index contributed by atoms with van der Waals surface area (Å²) in [6.07, 6.45) is 2.38. The van der Waals surface area contributed by atoms with Crippen molar-refractivity contribution in [3.8, 4) is 11.8 Å². The van der Waals surface area contributed by atoms with Crippen LogP contribution in [-0.2, 0) is 12.8 Å². The Kier molecular flexibility index (Phi) is 2.74. The van der Waals surface area contributed by atoms with Gasteiger partial charge < -0.3 is 4.74 Å². The lowest BCUT2D eigenvalue weighted by Crippen LogP contribution is -1.88. The van der Waals surface area contributed by atoms with Crippen molar-refractivity contribution >= 4 is 15.9 Å². The molecule has 0 spiro atoms. The van der Waals surface area contributed by atoms with E-state index < -0.39 is 0 Å². The van der Waals surface area contributed by atoms with Crippen LogP contribution in [0.25, 0.3) is 0 Å². The number of nitriles is 1. The molecule has 0 fully saturated rings. The van der Waals surface area contributed by atoms with Crippen molar-refractivity contribution in [3.63, 3.8) is 0 Å². The predicted molar refractivity (Wildman–Crippen MR) is 57.3 cm³/mol. The molecule has 0 amide bonds. The van der Waals surface area contributed by atoms with Gasteiger partial charge in [0.1, 0.15) is 5.75 Å². The first-order chi connectivity index (χ1) is 6.81. The minimum atomic E-state index is 0.575. The van der Waals surface area contributed by atoms with Gasteiger partial charge in [0.25, 0.3) is 0 Å². The minimum absolute atomic E-state index is 0.575. The quantitative estimate of drug-likeness (QED) is 0.810. The first-order valence-electron chi connectivity index (χ1n) is 4.62. The van der Waals surface area contributed by atoms with Gasteiger partial charge in [0.15, 0.2) is 0 Å². The van der Waals surface area contributed by atoms with Crippen LogP contribution in [0, 0.1) is 11.3 Å². The van der Waals surface area contributed by atoms with Crippen LogP contribution in [0.4, 0.5) is 0 Å². The van der Waals surface area contributed by atoms with Crippen LogP contribution in [0.2, 0.25) is 0 Å². The third-order valence-corrected chi connectivity index (χ3v) is 2.91. The van der Waals surface area contributed by atoms with E-state index in [4.69, 9.17) is 10.00 Å². The van der Waals surface area contributed by atoms with Crippen LogP contribution < -0.4 is 4.74 Å². The monoisotopic (exact) mass is 251 g/mol. The number of hydrogen-bond acceptors (Lipinski definition) is 2. The molecule has 0 aliphatic carbocycles. The maximum atomic E-state index is 8.50. The van der Waals surface area contributed by atoms with Crippen LogP contribution in [0.3, 0.4) is 0 Å². The molecule has 1 aromatic rings. The smallest absolute Gasteiger partial charge is 0.136 e. The summed E-state index contributed by atoms with van der Waals surface area (Å²) in [7, 11) is 0. The number of nitrogens with zero attached hydrogens (tertiary/aromatic N) is 1. The normalized spacial score (nSPS) is 13.1. The molecule has 0 unspecified atom stereocenters. The topological polar surface area (TPSA) is 33.0 Å². The van der Waals surface area contributed by atoms with Crippen LogP contribution >= 0.6 is 15.9 Å². The van der Waals surface area contributed by atoms with Crippen LogP contribution in [-0.4, -0.2) is 6.61 Å². The van der Waals surface area contributed by atoms with Gasteiger partial charge in [0.05, 0.1) is 17.1 Å². The van der Waals surface area contributed by atoms with Gasteiger partial charge >= 0.3 is 0 Å².